The van der Waals surface area contributed by atoms with Crippen molar-refractivity contribution >= 4 is 44.3 Å². The first kappa shape index (κ1) is 28.3. The number of methoxy groups -OCH3 is 1. The van der Waals surface area contributed by atoms with Gasteiger partial charge in [0, 0.05) is 17.8 Å². The van der Waals surface area contributed by atoms with Gasteiger partial charge < -0.3 is 19.7 Å². The number of hydrogen-bond donors (Lipinski definition) is 2. The highest BCUT2D eigenvalue weighted by Crippen LogP contribution is 2.47. The van der Waals surface area contributed by atoms with Gasteiger partial charge in [-0.3, -0.25) is 10.1 Å². The Morgan fingerprint density at radius 3 is 2.49 bits per heavy atom. The van der Waals surface area contributed by atoms with Crippen LogP contribution in [0.15, 0.2) is 66.7 Å². The third-order valence-electron chi connectivity index (χ3n) is 6.66. The maximum Gasteiger partial charge on any atom is 0.430 e. The highest BCUT2D eigenvalue weighted by Gasteiger charge is 2.66. The second kappa shape index (κ2) is 11.0. The molecule has 3 aromatic carbocycles. The van der Waals surface area contributed by atoms with Gasteiger partial charge in [0.25, 0.3) is 11.5 Å². The zero-order chi connectivity index (χ0) is 29.4. The van der Waals surface area contributed by atoms with Crippen molar-refractivity contribution in [1.29, 1.82) is 0 Å². The van der Waals surface area contributed by atoms with Gasteiger partial charge in [0.2, 0.25) is 0 Å². The van der Waals surface area contributed by atoms with Crippen molar-refractivity contribution in [2.75, 3.05) is 24.4 Å². The van der Waals surface area contributed by atoms with E-state index in [1.54, 1.807) is 31.2 Å². The quantitative estimate of drug-likeness (QED) is 0.258. The monoisotopic (exact) mass is 588 g/mol. The van der Waals surface area contributed by atoms with Crippen LogP contribution >= 0.6 is 11.3 Å². The Hall–Kier alpha value is -4.23. The number of carbonyl (C=O) groups excluding carboxylic acids is 2. The summed E-state index contributed by atoms with van der Waals surface area (Å²) >= 11 is 0.932. The van der Waals surface area contributed by atoms with E-state index in [9.17, 15) is 27.2 Å². The van der Waals surface area contributed by atoms with Crippen LogP contribution in [-0.2, 0) is 21.7 Å². The lowest BCUT2D eigenvalue weighted by molar-refractivity contribution is -0.292. The zero-order valence-corrected chi connectivity index (χ0v) is 22.6. The molecule has 5 rings (SSSR count). The summed E-state index contributed by atoms with van der Waals surface area (Å²) in [5, 5.41) is 5.15. The Balaban J connectivity index is 1.42. The van der Waals surface area contributed by atoms with E-state index in [4.69, 9.17) is 9.47 Å². The van der Waals surface area contributed by atoms with Crippen LogP contribution in [0.25, 0.3) is 10.2 Å². The Kier molecular flexibility index (Phi) is 7.58. The fourth-order valence-corrected chi connectivity index (χ4v) is 5.42. The van der Waals surface area contributed by atoms with Gasteiger partial charge in [-0.05, 0) is 61.0 Å². The number of morpholine rings is 1. The van der Waals surface area contributed by atoms with Gasteiger partial charge in [0.1, 0.15) is 11.6 Å². The summed E-state index contributed by atoms with van der Waals surface area (Å²) in [5.74, 6) is -1.10. The van der Waals surface area contributed by atoms with Crippen molar-refractivity contribution in [3.05, 3.63) is 83.7 Å². The number of urea groups is 1. The summed E-state index contributed by atoms with van der Waals surface area (Å²) in [6, 6.07) is 14.3. The number of alkyl halides is 3. The summed E-state index contributed by atoms with van der Waals surface area (Å²) < 4.78 is 68.3. The van der Waals surface area contributed by atoms with Crippen LogP contribution < -0.4 is 15.4 Å². The lowest BCUT2D eigenvalue weighted by atomic mass is 9.88. The summed E-state index contributed by atoms with van der Waals surface area (Å²) in [7, 11) is 1.50. The molecule has 2 heterocycles. The molecule has 0 spiro atoms. The first-order chi connectivity index (χ1) is 19.5. The van der Waals surface area contributed by atoms with E-state index in [0.717, 1.165) is 17.4 Å². The fourth-order valence-electron chi connectivity index (χ4n) is 4.52. The number of carbonyl (C=O) groups is 2. The molecular formula is C28H24F4N4O4S. The standard InChI is InChI=1S/C28H24F4N4O4S/c1-16-15-40-27(28(30,31)32,24(37)36(16)14-17-3-10-21(39-2)11-4-17)18-5-12-22-23(13-18)41-26(34-22)35-25(38)33-20-8-6-19(29)7-9-20/h3-13,16H,14-15H2,1-2H3,(H2,33,34,35,38)/t16?,27-/m0/s1. The van der Waals surface area contributed by atoms with Crippen molar-refractivity contribution in [1.82, 2.24) is 9.88 Å². The second-order valence-corrected chi connectivity index (χ2v) is 10.4. The molecule has 4 aromatic rings. The molecule has 0 aliphatic carbocycles. The van der Waals surface area contributed by atoms with Crippen molar-refractivity contribution in [3.8, 4) is 5.75 Å². The number of nitrogens with one attached hydrogen (secondary N) is 2. The van der Waals surface area contributed by atoms with Gasteiger partial charge in [-0.15, -0.1) is 0 Å². The van der Waals surface area contributed by atoms with E-state index in [2.05, 4.69) is 15.6 Å². The molecule has 1 fully saturated rings. The van der Waals surface area contributed by atoms with Crippen molar-refractivity contribution in [2.45, 2.75) is 31.3 Å². The molecule has 214 valence electrons. The molecule has 41 heavy (non-hydrogen) atoms. The Labute approximate surface area is 235 Å². The van der Waals surface area contributed by atoms with Gasteiger partial charge in [-0.2, -0.15) is 13.2 Å². The SMILES string of the molecule is COc1ccc(CN2C(=O)[C@@](c3ccc4nc(NC(=O)Nc5ccc(F)cc5)sc4c3)(C(F)(F)F)OCC2C)cc1. The number of thiazole rings is 1. The third-order valence-corrected chi connectivity index (χ3v) is 7.60. The van der Waals surface area contributed by atoms with Crippen LogP contribution in [0.4, 0.5) is 33.2 Å². The second-order valence-electron chi connectivity index (χ2n) is 9.41. The topological polar surface area (TPSA) is 92.8 Å². The first-order valence-corrected chi connectivity index (χ1v) is 13.2. The van der Waals surface area contributed by atoms with Crippen LogP contribution in [0.1, 0.15) is 18.1 Å². The van der Waals surface area contributed by atoms with Crippen LogP contribution in [0.5, 0.6) is 5.75 Å². The van der Waals surface area contributed by atoms with E-state index in [1.165, 1.54) is 48.4 Å². The minimum absolute atomic E-state index is 0.0504. The zero-order valence-electron chi connectivity index (χ0n) is 21.8. The van der Waals surface area contributed by atoms with Crippen molar-refractivity contribution < 1.29 is 36.6 Å². The highest BCUT2D eigenvalue weighted by atomic mass is 32.1. The minimum atomic E-state index is -5.07. The number of amides is 3. The maximum atomic E-state index is 14.8. The predicted octanol–water partition coefficient (Wildman–Crippen LogP) is 6.29. The first-order valence-electron chi connectivity index (χ1n) is 12.4. The van der Waals surface area contributed by atoms with Gasteiger partial charge in [-0.25, -0.2) is 14.2 Å². The Morgan fingerprint density at radius 2 is 1.83 bits per heavy atom. The molecule has 3 amide bonds. The van der Waals surface area contributed by atoms with Crippen LogP contribution in [-0.4, -0.2) is 47.8 Å². The number of hydrogen-bond acceptors (Lipinski definition) is 6. The molecule has 1 aliphatic rings. The average Bonchev–Trinajstić information content (AvgIpc) is 3.33. The van der Waals surface area contributed by atoms with Gasteiger partial charge in [0.05, 0.1) is 30.0 Å². The van der Waals surface area contributed by atoms with Crippen molar-refractivity contribution in [3.63, 3.8) is 0 Å². The molecule has 8 nitrogen and oxygen atoms in total. The fraction of sp³-hybridized carbons (Fsp3) is 0.250. The molecule has 0 radical (unpaired) electrons. The molecule has 0 bridgehead atoms. The Bertz CT molecular complexity index is 1580. The van der Waals surface area contributed by atoms with Crippen LogP contribution in [0, 0.1) is 5.82 Å². The molecule has 0 saturated carbocycles. The van der Waals surface area contributed by atoms with E-state index in [1.807, 2.05) is 0 Å². The number of nitrogens with zero attached hydrogens (tertiary/aromatic N) is 2. The van der Waals surface area contributed by atoms with E-state index < -0.39 is 35.6 Å². The summed E-state index contributed by atoms with van der Waals surface area (Å²) in [6.07, 6.45) is -5.07. The normalized spacial score (nSPS) is 19.3. The van der Waals surface area contributed by atoms with Gasteiger partial charge in [-0.1, -0.05) is 29.5 Å². The number of rotatable bonds is 6. The largest absolute Gasteiger partial charge is 0.497 e. The molecule has 1 aromatic heterocycles. The lowest BCUT2D eigenvalue weighted by Gasteiger charge is -2.45. The van der Waals surface area contributed by atoms with Gasteiger partial charge >= 0.3 is 12.2 Å². The summed E-state index contributed by atoms with van der Waals surface area (Å²) in [6.45, 7) is 1.24. The predicted molar refractivity (Wildman–Crippen MR) is 145 cm³/mol. The molecular weight excluding hydrogens is 564 g/mol. The highest BCUT2D eigenvalue weighted by molar-refractivity contribution is 7.22. The van der Waals surface area contributed by atoms with Crippen molar-refractivity contribution in [2.24, 2.45) is 0 Å². The third kappa shape index (κ3) is 5.55. The maximum absolute atomic E-state index is 14.8. The van der Waals surface area contributed by atoms with Crippen LogP contribution in [0.2, 0.25) is 0 Å². The number of halogens is 4. The lowest BCUT2D eigenvalue weighted by Crippen LogP contribution is -2.63. The van der Waals surface area contributed by atoms with Crippen LogP contribution in [0.3, 0.4) is 0 Å². The average molecular weight is 589 g/mol. The summed E-state index contributed by atoms with van der Waals surface area (Å²) in [4.78, 5) is 31.5. The number of aromatic nitrogens is 1. The molecule has 1 unspecified atom stereocenters. The number of fused-ring (bicyclic) bond motifs is 1. The Morgan fingerprint density at radius 1 is 1.12 bits per heavy atom. The van der Waals surface area contributed by atoms with E-state index in [-0.39, 0.29) is 23.8 Å². The number of anilines is 2. The summed E-state index contributed by atoms with van der Waals surface area (Å²) in [5.41, 5.74) is -2.32. The molecule has 13 heteroatoms. The molecule has 1 saturated heterocycles. The minimum Gasteiger partial charge on any atom is -0.497 e. The molecule has 2 N–H and O–H groups in total. The number of ether oxygens (including phenoxy) is 2. The van der Waals surface area contributed by atoms with Gasteiger partial charge in [0.15, 0.2) is 5.13 Å². The molecule has 1 aliphatic heterocycles. The van der Waals surface area contributed by atoms with E-state index in [0.29, 0.717) is 27.2 Å². The number of benzene rings is 3. The smallest absolute Gasteiger partial charge is 0.430 e. The van der Waals surface area contributed by atoms with E-state index >= 15 is 0 Å². The molecule has 2 atom stereocenters.